The van der Waals surface area contributed by atoms with Gasteiger partial charge in [-0.25, -0.2) is 4.58 Å². The summed E-state index contributed by atoms with van der Waals surface area (Å²) < 4.78 is 16.4. The van der Waals surface area contributed by atoms with Crippen LogP contribution < -0.4 is 11.1 Å². The van der Waals surface area contributed by atoms with Crippen molar-refractivity contribution < 1.29 is 14.1 Å². The molecule has 2 heterocycles. The molecule has 2 fully saturated rings. The second kappa shape index (κ2) is 7.34. The minimum Gasteiger partial charge on any atom is -0.388 e. The highest BCUT2D eigenvalue weighted by molar-refractivity contribution is 7.99. The van der Waals surface area contributed by atoms with Gasteiger partial charge >= 0.3 is 11.8 Å². The fourth-order valence-electron chi connectivity index (χ4n) is 5.39. The Hall–Kier alpha value is -2.03. The SMILES string of the molecule is C=[N+]1c2nc(ncc2F)Nc2cccc(c2)C(O)CSC2CC3CC2C1C3CN. The summed E-state index contributed by atoms with van der Waals surface area (Å²) in [4.78, 5) is 8.53. The molecule has 4 N–H and O–H groups in total. The van der Waals surface area contributed by atoms with E-state index in [0.717, 1.165) is 24.1 Å². The van der Waals surface area contributed by atoms with Crippen molar-refractivity contribution >= 4 is 35.9 Å². The molecule has 0 spiro atoms. The van der Waals surface area contributed by atoms with E-state index in [0.29, 0.717) is 35.3 Å². The van der Waals surface area contributed by atoms with Gasteiger partial charge in [0.25, 0.3) is 0 Å². The summed E-state index contributed by atoms with van der Waals surface area (Å²) in [5.74, 6) is 1.78. The van der Waals surface area contributed by atoms with Crippen LogP contribution in [-0.4, -0.2) is 50.0 Å². The first-order valence-corrected chi connectivity index (χ1v) is 11.1. The number of nitrogens with one attached hydrogen (secondary N) is 1. The number of benzene rings is 1. The van der Waals surface area contributed by atoms with Crippen molar-refractivity contribution in [3.8, 4) is 0 Å². The van der Waals surface area contributed by atoms with Gasteiger partial charge in [-0.1, -0.05) is 12.1 Å². The molecule has 6 bridgehead atoms. The molecule has 0 saturated heterocycles. The largest absolute Gasteiger partial charge is 0.388 e. The van der Waals surface area contributed by atoms with Crippen LogP contribution in [0.4, 0.5) is 21.8 Å². The topological polar surface area (TPSA) is 87.1 Å². The van der Waals surface area contributed by atoms with E-state index < -0.39 is 11.9 Å². The second-order valence-electron chi connectivity index (χ2n) is 8.26. The van der Waals surface area contributed by atoms with Gasteiger partial charge in [-0.2, -0.15) is 21.1 Å². The van der Waals surface area contributed by atoms with Gasteiger partial charge in [-0.15, -0.1) is 0 Å². The summed E-state index contributed by atoms with van der Waals surface area (Å²) >= 11 is 1.81. The zero-order chi connectivity index (χ0) is 20.1. The Labute approximate surface area is 173 Å². The van der Waals surface area contributed by atoms with Crippen LogP contribution in [0.5, 0.6) is 0 Å². The number of nitrogens with zero attached hydrogens (tertiary/aromatic N) is 3. The van der Waals surface area contributed by atoms with E-state index in [4.69, 9.17) is 5.73 Å². The number of aromatic nitrogens is 2. The first kappa shape index (κ1) is 19.0. The van der Waals surface area contributed by atoms with Crippen LogP contribution in [0.3, 0.4) is 0 Å². The molecule has 6 atom stereocenters. The van der Waals surface area contributed by atoms with Crippen molar-refractivity contribution in [2.45, 2.75) is 30.2 Å². The molecule has 0 amide bonds. The van der Waals surface area contributed by atoms with E-state index >= 15 is 0 Å². The molecule has 6 unspecified atom stereocenters. The molecule has 6 nitrogen and oxygen atoms in total. The highest BCUT2D eigenvalue weighted by Crippen LogP contribution is 2.54. The third-order valence-electron chi connectivity index (χ3n) is 6.70. The Bertz CT molecular complexity index is 956. The standard InChI is InChI=1S/C21H25FN5OS/c1-27-19-14-6-12(15(19)8-23)7-18(14)29-10-17(28)11-3-2-4-13(5-11)25-21-24-9-16(22)20(27)26-21/h2-5,9,12,14-15,17-19,28H,1,6-8,10,23H2,(H,24,25,26)/q+1. The molecule has 5 rings (SSSR count). The number of fused-ring (bicyclic) bond motifs is 5. The minimum absolute atomic E-state index is 0.0337. The van der Waals surface area contributed by atoms with Gasteiger partial charge in [0.2, 0.25) is 5.82 Å². The summed E-state index contributed by atoms with van der Waals surface area (Å²) in [6.07, 6.45) is 2.80. The van der Waals surface area contributed by atoms with E-state index in [-0.39, 0.29) is 17.8 Å². The van der Waals surface area contributed by atoms with Crippen LogP contribution in [0.2, 0.25) is 0 Å². The third-order valence-corrected chi connectivity index (χ3v) is 8.17. The Morgan fingerprint density at radius 3 is 3.07 bits per heavy atom. The van der Waals surface area contributed by atoms with Gasteiger partial charge in [0.1, 0.15) is 6.04 Å². The van der Waals surface area contributed by atoms with E-state index in [1.807, 2.05) is 36.0 Å². The van der Waals surface area contributed by atoms with Crippen molar-refractivity contribution in [3.63, 3.8) is 0 Å². The highest BCUT2D eigenvalue weighted by Gasteiger charge is 2.56. The summed E-state index contributed by atoms with van der Waals surface area (Å²) in [6.45, 7) is 4.75. The van der Waals surface area contributed by atoms with Crippen LogP contribution >= 0.6 is 11.8 Å². The van der Waals surface area contributed by atoms with Crippen LogP contribution in [0.25, 0.3) is 0 Å². The summed E-state index contributed by atoms with van der Waals surface area (Å²) in [5, 5.41) is 14.3. The van der Waals surface area contributed by atoms with Crippen molar-refractivity contribution in [1.82, 2.24) is 9.97 Å². The number of thioether (sulfide) groups is 1. The molecule has 8 heteroatoms. The zero-order valence-electron chi connectivity index (χ0n) is 16.0. The molecule has 2 saturated carbocycles. The fraction of sp³-hybridized carbons (Fsp3) is 0.476. The summed E-state index contributed by atoms with van der Waals surface area (Å²) in [6, 6.07) is 7.60. The molecular weight excluding hydrogens is 389 g/mol. The van der Waals surface area contributed by atoms with Gasteiger partial charge in [-0.3, -0.25) is 0 Å². The van der Waals surface area contributed by atoms with Crippen LogP contribution in [0.15, 0.2) is 30.5 Å². The molecule has 152 valence electrons. The van der Waals surface area contributed by atoms with Crippen molar-refractivity contribution in [1.29, 1.82) is 0 Å². The first-order valence-electron chi connectivity index (χ1n) is 10.0. The Morgan fingerprint density at radius 1 is 1.38 bits per heavy atom. The highest BCUT2D eigenvalue weighted by atomic mass is 32.2. The molecule has 29 heavy (non-hydrogen) atoms. The molecule has 1 aromatic carbocycles. The van der Waals surface area contributed by atoms with Crippen LogP contribution in [0.1, 0.15) is 24.5 Å². The molecular formula is C21H25FN5OS+. The average Bonchev–Trinajstić information content (AvgIpc) is 3.30. The lowest BCUT2D eigenvalue weighted by Crippen LogP contribution is -2.44. The molecule has 2 aliphatic carbocycles. The van der Waals surface area contributed by atoms with Gasteiger partial charge in [0, 0.05) is 33.5 Å². The van der Waals surface area contributed by atoms with Crippen LogP contribution in [-0.2, 0) is 0 Å². The van der Waals surface area contributed by atoms with Crippen molar-refractivity contribution in [2.75, 3.05) is 17.6 Å². The zero-order valence-corrected chi connectivity index (χ0v) is 16.9. The van der Waals surface area contributed by atoms with E-state index in [2.05, 4.69) is 22.0 Å². The maximum atomic E-state index is 14.7. The minimum atomic E-state index is -0.548. The Kier molecular flexibility index (Phi) is 4.80. The summed E-state index contributed by atoms with van der Waals surface area (Å²) in [5.41, 5.74) is 7.71. The number of anilines is 2. The van der Waals surface area contributed by atoms with Gasteiger partial charge in [-0.05, 0) is 43.0 Å². The number of aliphatic hydroxyl groups excluding tert-OH is 1. The monoisotopic (exact) mass is 414 g/mol. The number of aliphatic hydroxyl groups is 1. The van der Waals surface area contributed by atoms with E-state index in [1.165, 1.54) is 6.20 Å². The van der Waals surface area contributed by atoms with Crippen molar-refractivity contribution in [3.05, 3.63) is 41.8 Å². The van der Waals surface area contributed by atoms with E-state index in [9.17, 15) is 9.50 Å². The molecule has 1 aromatic heterocycles. The molecule has 2 aromatic rings. The third kappa shape index (κ3) is 3.23. The number of hydrogen-bond acceptors (Lipinski definition) is 6. The van der Waals surface area contributed by atoms with Crippen molar-refractivity contribution in [2.24, 2.45) is 23.5 Å². The quantitative estimate of drug-likeness (QED) is 0.622. The van der Waals surface area contributed by atoms with E-state index in [1.54, 1.807) is 4.58 Å². The van der Waals surface area contributed by atoms with Gasteiger partial charge < -0.3 is 16.2 Å². The Morgan fingerprint density at radius 2 is 2.24 bits per heavy atom. The lowest BCUT2D eigenvalue weighted by molar-refractivity contribution is -0.500. The maximum Gasteiger partial charge on any atom is 0.364 e. The number of rotatable bonds is 1. The second-order valence-corrected chi connectivity index (χ2v) is 9.53. The normalized spacial score (nSPS) is 33.3. The predicted octanol–water partition coefficient (Wildman–Crippen LogP) is 2.84. The summed E-state index contributed by atoms with van der Waals surface area (Å²) in [7, 11) is 0. The van der Waals surface area contributed by atoms with Crippen LogP contribution in [0, 0.1) is 23.6 Å². The predicted molar refractivity (Wildman–Crippen MR) is 113 cm³/mol. The van der Waals surface area contributed by atoms with Gasteiger partial charge in [0.05, 0.1) is 19.0 Å². The molecule has 1 aliphatic heterocycles. The fourth-order valence-corrected chi connectivity index (χ4v) is 6.91. The number of nitrogens with two attached hydrogens (primary N) is 1. The van der Waals surface area contributed by atoms with Gasteiger partial charge in [0.15, 0.2) is 0 Å². The lowest BCUT2D eigenvalue weighted by atomic mass is 9.83. The average molecular weight is 415 g/mol. The lowest BCUT2D eigenvalue weighted by Gasteiger charge is -2.34. The number of hydrogen-bond donors (Lipinski definition) is 3. The smallest absolute Gasteiger partial charge is 0.364 e. The molecule has 0 radical (unpaired) electrons. The first-order chi connectivity index (χ1) is 14.0. The molecule has 3 aliphatic rings. The Balaban J connectivity index is 1.59. The number of halogens is 1. The maximum absolute atomic E-state index is 14.7.